The number of rotatable bonds is 7. The molecule has 0 saturated heterocycles. The van der Waals surface area contributed by atoms with Crippen molar-refractivity contribution < 1.29 is 14.3 Å². The highest BCUT2D eigenvalue weighted by molar-refractivity contribution is 6.54. The van der Waals surface area contributed by atoms with Gasteiger partial charge in [0.1, 0.15) is 0 Å². The number of amides is 1. The van der Waals surface area contributed by atoms with Gasteiger partial charge in [0, 0.05) is 18.8 Å². The Morgan fingerprint density at radius 1 is 1.03 bits per heavy atom. The number of esters is 1. The molecular formula is C23H25N3O3. The molecule has 3 rings (SSSR count). The SMILES string of the molecule is CCOC(=O)C1=NN(c2ccccc2)C(=O)/C1=C\c1ccc(N(CC)CC)cc1. The zero-order valence-corrected chi connectivity index (χ0v) is 17.0. The third-order valence-electron chi connectivity index (χ3n) is 4.68. The summed E-state index contributed by atoms with van der Waals surface area (Å²) in [6.07, 6.45) is 1.69. The minimum atomic E-state index is -0.606. The van der Waals surface area contributed by atoms with Gasteiger partial charge in [-0.3, -0.25) is 4.79 Å². The van der Waals surface area contributed by atoms with Crippen LogP contribution in [0.25, 0.3) is 6.08 Å². The number of para-hydroxylation sites is 1. The van der Waals surface area contributed by atoms with E-state index in [9.17, 15) is 9.59 Å². The van der Waals surface area contributed by atoms with E-state index in [-0.39, 0.29) is 23.8 Å². The van der Waals surface area contributed by atoms with Gasteiger partial charge < -0.3 is 9.64 Å². The molecule has 0 aliphatic carbocycles. The van der Waals surface area contributed by atoms with Crippen molar-refractivity contribution in [3.63, 3.8) is 0 Å². The number of nitrogens with zero attached hydrogens (tertiary/aromatic N) is 3. The summed E-state index contributed by atoms with van der Waals surface area (Å²) < 4.78 is 5.11. The zero-order chi connectivity index (χ0) is 20.8. The molecular weight excluding hydrogens is 366 g/mol. The third kappa shape index (κ3) is 4.37. The highest BCUT2D eigenvalue weighted by Gasteiger charge is 2.35. The van der Waals surface area contributed by atoms with E-state index in [2.05, 4.69) is 23.8 Å². The van der Waals surface area contributed by atoms with Crippen LogP contribution in [0.3, 0.4) is 0 Å². The van der Waals surface area contributed by atoms with Crippen LogP contribution in [-0.4, -0.2) is 37.3 Å². The van der Waals surface area contributed by atoms with Crippen LogP contribution in [0.1, 0.15) is 26.3 Å². The average molecular weight is 391 g/mol. The summed E-state index contributed by atoms with van der Waals surface area (Å²) in [5.41, 5.74) is 2.77. The Kier molecular flexibility index (Phi) is 6.44. The number of hydrogen-bond donors (Lipinski definition) is 0. The molecule has 1 aliphatic rings. The Morgan fingerprint density at radius 2 is 1.69 bits per heavy atom. The van der Waals surface area contributed by atoms with Crippen LogP contribution in [0.5, 0.6) is 0 Å². The van der Waals surface area contributed by atoms with Gasteiger partial charge in [-0.1, -0.05) is 30.3 Å². The first-order valence-electron chi connectivity index (χ1n) is 9.81. The molecule has 2 aromatic carbocycles. The number of carbonyl (C=O) groups excluding carboxylic acids is 2. The molecule has 0 saturated carbocycles. The zero-order valence-electron chi connectivity index (χ0n) is 17.0. The van der Waals surface area contributed by atoms with E-state index < -0.39 is 5.97 Å². The number of hydrogen-bond acceptors (Lipinski definition) is 5. The van der Waals surface area contributed by atoms with Gasteiger partial charge in [0.2, 0.25) is 0 Å². The summed E-state index contributed by atoms with van der Waals surface area (Å²) in [6, 6.07) is 16.9. The van der Waals surface area contributed by atoms with Crippen molar-refractivity contribution >= 4 is 35.0 Å². The highest BCUT2D eigenvalue weighted by Crippen LogP contribution is 2.26. The van der Waals surface area contributed by atoms with Gasteiger partial charge >= 0.3 is 5.97 Å². The van der Waals surface area contributed by atoms with Crippen LogP contribution < -0.4 is 9.91 Å². The van der Waals surface area contributed by atoms with Gasteiger partial charge in [-0.15, -0.1) is 0 Å². The summed E-state index contributed by atoms with van der Waals surface area (Å²) in [5.74, 6) is -0.961. The monoisotopic (exact) mass is 391 g/mol. The average Bonchev–Trinajstić information content (AvgIpc) is 3.07. The Hall–Kier alpha value is -3.41. The number of hydrazone groups is 1. The molecule has 1 amide bonds. The number of anilines is 2. The van der Waals surface area contributed by atoms with Crippen LogP contribution in [0.15, 0.2) is 65.3 Å². The molecule has 0 spiro atoms. The summed E-state index contributed by atoms with van der Waals surface area (Å²) in [7, 11) is 0. The van der Waals surface area contributed by atoms with Crippen LogP contribution in [-0.2, 0) is 14.3 Å². The fraction of sp³-hybridized carbons (Fsp3) is 0.261. The first kappa shape index (κ1) is 20.3. The van der Waals surface area contributed by atoms with Gasteiger partial charge in [0.25, 0.3) is 5.91 Å². The van der Waals surface area contributed by atoms with Crippen molar-refractivity contribution in [2.45, 2.75) is 20.8 Å². The molecule has 1 heterocycles. The molecule has 2 aromatic rings. The summed E-state index contributed by atoms with van der Waals surface area (Å²) in [5, 5.41) is 5.50. The Balaban J connectivity index is 1.96. The Bertz CT molecular complexity index is 930. The largest absolute Gasteiger partial charge is 0.461 e. The lowest BCUT2D eigenvalue weighted by Gasteiger charge is -2.20. The topological polar surface area (TPSA) is 62.2 Å². The second-order valence-electron chi connectivity index (χ2n) is 6.44. The molecule has 150 valence electrons. The fourth-order valence-electron chi connectivity index (χ4n) is 3.18. The molecule has 1 aliphatic heterocycles. The Labute approximate surface area is 171 Å². The molecule has 6 nitrogen and oxygen atoms in total. The van der Waals surface area contributed by atoms with Gasteiger partial charge in [-0.05, 0) is 56.7 Å². The maximum absolute atomic E-state index is 13.0. The molecule has 0 fully saturated rings. The van der Waals surface area contributed by atoms with Crippen LogP contribution in [0.2, 0.25) is 0 Å². The molecule has 29 heavy (non-hydrogen) atoms. The third-order valence-corrected chi connectivity index (χ3v) is 4.68. The first-order chi connectivity index (χ1) is 14.1. The standard InChI is InChI=1S/C23H25N3O3/c1-4-25(5-2)18-14-12-17(13-15-18)16-20-21(23(28)29-6-3)24-26(22(20)27)19-10-8-7-9-11-19/h7-16H,4-6H2,1-3H3/b20-16-. The van der Waals surface area contributed by atoms with Crippen molar-refractivity contribution in [2.75, 3.05) is 29.6 Å². The fourth-order valence-corrected chi connectivity index (χ4v) is 3.18. The van der Waals surface area contributed by atoms with Crippen molar-refractivity contribution in [3.05, 3.63) is 65.7 Å². The summed E-state index contributed by atoms with van der Waals surface area (Å²) >= 11 is 0. The smallest absolute Gasteiger partial charge is 0.359 e. The maximum atomic E-state index is 13.0. The quantitative estimate of drug-likeness (QED) is 0.531. The lowest BCUT2D eigenvalue weighted by Crippen LogP contribution is -2.23. The molecule has 6 heteroatoms. The van der Waals surface area contributed by atoms with E-state index in [0.29, 0.717) is 5.69 Å². The van der Waals surface area contributed by atoms with E-state index in [1.54, 1.807) is 25.1 Å². The first-order valence-corrected chi connectivity index (χ1v) is 9.81. The second kappa shape index (κ2) is 9.19. The predicted octanol–water partition coefficient (Wildman–Crippen LogP) is 3.88. The minimum absolute atomic E-state index is 0.0218. The van der Waals surface area contributed by atoms with Crippen molar-refractivity contribution in [3.8, 4) is 0 Å². The van der Waals surface area contributed by atoms with E-state index >= 15 is 0 Å². The van der Waals surface area contributed by atoms with Crippen LogP contribution in [0.4, 0.5) is 11.4 Å². The van der Waals surface area contributed by atoms with E-state index in [1.807, 2.05) is 42.5 Å². The van der Waals surface area contributed by atoms with Gasteiger partial charge in [-0.2, -0.15) is 10.1 Å². The molecule has 0 bridgehead atoms. The van der Waals surface area contributed by atoms with E-state index in [4.69, 9.17) is 4.74 Å². The van der Waals surface area contributed by atoms with Crippen molar-refractivity contribution in [1.82, 2.24) is 0 Å². The second-order valence-corrected chi connectivity index (χ2v) is 6.44. The number of benzene rings is 2. The van der Waals surface area contributed by atoms with Crippen LogP contribution >= 0.6 is 0 Å². The summed E-state index contributed by atoms with van der Waals surface area (Å²) in [6.45, 7) is 7.98. The van der Waals surface area contributed by atoms with E-state index in [0.717, 1.165) is 24.3 Å². The molecule has 0 unspecified atom stereocenters. The normalized spacial score (nSPS) is 14.9. The number of ether oxygens (including phenoxy) is 1. The predicted molar refractivity (Wildman–Crippen MR) is 116 cm³/mol. The Morgan fingerprint density at radius 3 is 2.28 bits per heavy atom. The summed E-state index contributed by atoms with van der Waals surface area (Å²) in [4.78, 5) is 27.7. The maximum Gasteiger partial charge on any atom is 0.359 e. The van der Waals surface area contributed by atoms with Crippen molar-refractivity contribution in [2.24, 2.45) is 5.10 Å². The molecule has 0 N–H and O–H groups in total. The van der Waals surface area contributed by atoms with Gasteiger partial charge in [0.05, 0.1) is 17.9 Å². The highest BCUT2D eigenvalue weighted by atomic mass is 16.5. The van der Waals surface area contributed by atoms with Gasteiger partial charge in [0.15, 0.2) is 5.71 Å². The molecule has 0 atom stereocenters. The molecule has 0 radical (unpaired) electrons. The lowest BCUT2D eigenvalue weighted by atomic mass is 10.1. The lowest BCUT2D eigenvalue weighted by molar-refractivity contribution is -0.135. The van der Waals surface area contributed by atoms with Crippen LogP contribution in [0, 0.1) is 0 Å². The number of carbonyl (C=O) groups is 2. The molecule has 0 aromatic heterocycles. The van der Waals surface area contributed by atoms with Gasteiger partial charge in [-0.25, -0.2) is 4.79 Å². The van der Waals surface area contributed by atoms with Crippen molar-refractivity contribution in [1.29, 1.82) is 0 Å². The minimum Gasteiger partial charge on any atom is -0.461 e. The van der Waals surface area contributed by atoms with E-state index in [1.165, 1.54) is 5.01 Å².